The molecule has 0 saturated carbocycles. The van der Waals surface area contributed by atoms with Gasteiger partial charge in [0.2, 0.25) is 6.79 Å². The van der Waals surface area contributed by atoms with Crippen LogP contribution in [-0.2, 0) is 13.1 Å². The largest absolute Gasteiger partial charge is 0.508 e. The van der Waals surface area contributed by atoms with Crippen LogP contribution in [0.1, 0.15) is 24.0 Å². The highest BCUT2D eigenvalue weighted by Crippen LogP contribution is 2.33. The topological polar surface area (TPSA) is 48.4 Å². The summed E-state index contributed by atoms with van der Waals surface area (Å²) < 4.78 is 10.9. The number of para-hydroxylation sites is 1. The van der Waals surface area contributed by atoms with E-state index in [1.54, 1.807) is 6.07 Å². The molecule has 0 radical (unpaired) electrons. The number of phenolic OH excluding ortho intramolecular Hbond substituents is 1. The fourth-order valence-electron chi connectivity index (χ4n) is 4.94. The third kappa shape index (κ3) is 4.41. The van der Waals surface area contributed by atoms with Gasteiger partial charge < -0.3 is 14.6 Å². The molecular formula is C24H31N3O3. The Bertz CT molecular complexity index is 867. The zero-order chi connectivity index (χ0) is 20.3. The summed E-state index contributed by atoms with van der Waals surface area (Å²) in [6.45, 7) is 8.81. The van der Waals surface area contributed by atoms with Crippen LogP contribution in [0.25, 0.3) is 0 Å². The van der Waals surface area contributed by atoms with Crippen molar-refractivity contribution in [2.45, 2.75) is 32.0 Å². The first-order valence-corrected chi connectivity index (χ1v) is 11.1. The second-order valence-electron chi connectivity index (χ2n) is 8.66. The molecule has 0 aliphatic carbocycles. The minimum atomic E-state index is 0.333. The van der Waals surface area contributed by atoms with Gasteiger partial charge in [0.05, 0.1) is 0 Å². The summed E-state index contributed by atoms with van der Waals surface area (Å²) in [5.74, 6) is 2.14. The van der Waals surface area contributed by atoms with Crippen LogP contribution in [-0.4, -0.2) is 71.9 Å². The number of rotatable bonds is 5. The molecule has 1 N–H and O–H groups in total. The number of hydrogen-bond donors (Lipinski definition) is 1. The summed E-state index contributed by atoms with van der Waals surface area (Å²) in [7, 11) is 0. The normalized spacial score (nSPS) is 23.0. The average Bonchev–Trinajstić information content (AvgIpc) is 3.24. The van der Waals surface area contributed by atoms with Crippen LogP contribution < -0.4 is 9.47 Å². The smallest absolute Gasteiger partial charge is 0.231 e. The van der Waals surface area contributed by atoms with E-state index in [4.69, 9.17) is 9.47 Å². The zero-order valence-corrected chi connectivity index (χ0v) is 17.5. The predicted molar refractivity (Wildman–Crippen MR) is 116 cm³/mol. The Hall–Kier alpha value is -2.28. The van der Waals surface area contributed by atoms with Gasteiger partial charge in [-0.3, -0.25) is 14.7 Å². The summed E-state index contributed by atoms with van der Waals surface area (Å²) in [5.41, 5.74) is 2.32. The maximum Gasteiger partial charge on any atom is 0.231 e. The first-order chi connectivity index (χ1) is 14.7. The number of hydrogen-bond acceptors (Lipinski definition) is 6. The molecular weight excluding hydrogens is 378 g/mol. The Balaban J connectivity index is 1.12. The molecule has 2 aromatic rings. The molecule has 6 nitrogen and oxygen atoms in total. The predicted octanol–water partition coefficient (Wildman–Crippen LogP) is 2.90. The molecule has 6 heteroatoms. The molecule has 2 saturated heterocycles. The molecule has 2 fully saturated rings. The number of fused-ring (bicyclic) bond motifs is 1. The molecule has 3 heterocycles. The number of likely N-dealkylation sites (tertiary alicyclic amines) is 1. The lowest BCUT2D eigenvalue weighted by molar-refractivity contribution is 0.0475. The molecule has 0 unspecified atom stereocenters. The lowest BCUT2D eigenvalue weighted by Crippen LogP contribution is -2.54. The fourth-order valence-corrected chi connectivity index (χ4v) is 4.94. The van der Waals surface area contributed by atoms with E-state index in [0.717, 1.165) is 69.4 Å². The molecule has 30 heavy (non-hydrogen) atoms. The SMILES string of the molecule is Oc1ccccc1CN1CCC[C@@H](N2CCN(Cc3ccc4c(c3)OCO4)CC2)C1. The van der Waals surface area contributed by atoms with Crippen LogP contribution in [0.5, 0.6) is 17.2 Å². The van der Waals surface area contributed by atoms with Gasteiger partial charge in [-0.2, -0.15) is 0 Å². The van der Waals surface area contributed by atoms with E-state index in [0.29, 0.717) is 18.6 Å². The Labute approximate surface area is 178 Å². The second kappa shape index (κ2) is 8.84. The van der Waals surface area contributed by atoms with Gasteiger partial charge in [-0.15, -0.1) is 0 Å². The van der Waals surface area contributed by atoms with Gasteiger partial charge in [-0.1, -0.05) is 24.3 Å². The van der Waals surface area contributed by atoms with Gasteiger partial charge in [0.25, 0.3) is 0 Å². The first kappa shape index (κ1) is 19.7. The van der Waals surface area contributed by atoms with E-state index in [2.05, 4.69) is 26.8 Å². The van der Waals surface area contributed by atoms with Gasteiger partial charge >= 0.3 is 0 Å². The molecule has 1 atom stereocenters. The lowest BCUT2D eigenvalue weighted by Gasteiger charge is -2.43. The van der Waals surface area contributed by atoms with Crippen molar-refractivity contribution >= 4 is 0 Å². The van der Waals surface area contributed by atoms with Gasteiger partial charge in [-0.05, 0) is 43.1 Å². The van der Waals surface area contributed by atoms with Crippen LogP contribution in [0.3, 0.4) is 0 Å². The first-order valence-electron chi connectivity index (χ1n) is 11.1. The highest BCUT2D eigenvalue weighted by Gasteiger charge is 2.28. The van der Waals surface area contributed by atoms with Gasteiger partial charge in [0.15, 0.2) is 11.5 Å². The Kier molecular flexibility index (Phi) is 5.79. The molecule has 0 bridgehead atoms. The van der Waals surface area contributed by atoms with Crippen LogP contribution in [0.4, 0.5) is 0 Å². The van der Waals surface area contributed by atoms with Crippen molar-refractivity contribution < 1.29 is 14.6 Å². The van der Waals surface area contributed by atoms with E-state index in [9.17, 15) is 5.11 Å². The Morgan fingerprint density at radius 3 is 2.57 bits per heavy atom. The highest BCUT2D eigenvalue weighted by atomic mass is 16.7. The summed E-state index contributed by atoms with van der Waals surface area (Å²) in [5, 5.41) is 10.1. The van der Waals surface area contributed by atoms with Crippen LogP contribution in [0.15, 0.2) is 42.5 Å². The number of benzene rings is 2. The van der Waals surface area contributed by atoms with Crippen LogP contribution in [0.2, 0.25) is 0 Å². The third-order valence-electron chi connectivity index (χ3n) is 6.63. The van der Waals surface area contributed by atoms with Crippen molar-refractivity contribution in [3.05, 3.63) is 53.6 Å². The van der Waals surface area contributed by atoms with Crippen LogP contribution >= 0.6 is 0 Å². The summed E-state index contributed by atoms with van der Waals surface area (Å²) in [6.07, 6.45) is 2.51. The molecule has 5 rings (SSSR count). The van der Waals surface area contributed by atoms with Crippen molar-refractivity contribution in [2.24, 2.45) is 0 Å². The molecule has 160 valence electrons. The number of piperazine rings is 1. The average molecular weight is 410 g/mol. The number of aromatic hydroxyl groups is 1. The van der Waals surface area contributed by atoms with E-state index in [-0.39, 0.29) is 0 Å². The fraction of sp³-hybridized carbons (Fsp3) is 0.500. The maximum absolute atomic E-state index is 10.1. The summed E-state index contributed by atoms with van der Waals surface area (Å²) in [4.78, 5) is 7.71. The van der Waals surface area contributed by atoms with Gasteiger partial charge in [0, 0.05) is 57.4 Å². The van der Waals surface area contributed by atoms with E-state index in [1.807, 2.05) is 24.3 Å². The molecule has 0 aromatic heterocycles. The number of ether oxygens (including phenoxy) is 2. The maximum atomic E-state index is 10.1. The number of nitrogens with zero attached hydrogens (tertiary/aromatic N) is 3. The second-order valence-corrected chi connectivity index (χ2v) is 8.66. The Morgan fingerprint density at radius 1 is 0.867 bits per heavy atom. The molecule has 3 aliphatic rings. The van der Waals surface area contributed by atoms with Crippen molar-refractivity contribution in [2.75, 3.05) is 46.1 Å². The zero-order valence-electron chi connectivity index (χ0n) is 17.5. The number of phenols is 1. The molecule has 0 amide bonds. The molecule has 0 spiro atoms. The van der Waals surface area contributed by atoms with Crippen molar-refractivity contribution in [3.8, 4) is 17.2 Å². The van der Waals surface area contributed by atoms with Gasteiger partial charge in [-0.25, -0.2) is 0 Å². The van der Waals surface area contributed by atoms with Crippen molar-refractivity contribution in [1.29, 1.82) is 0 Å². The molecule has 2 aromatic carbocycles. The van der Waals surface area contributed by atoms with Crippen molar-refractivity contribution in [3.63, 3.8) is 0 Å². The standard InChI is InChI=1S/C24H31N3O3/c28-22-6-2-1-4-20(22)16-26-9-3-5-21(17-26)27-12-10-25(11-13-27)15-19-7-8-23-24(14-19)30-18-29-23/h1-2,4,6-8,14,21,28H,3,5,9-13,15-18H2/t21-/m1/s1. The summed E-state index contributed by atoms with van der Waals surface area (Å²) in [6, 6.07) is 14.6. The number of piperidine rings is 1. The Morgan fingerprint density at radius 2 is 1.70 bits per heavy atom. The van der Waals surface area contributed by atoms with E-state index >= 15 is 0 Å². The van der Waals surface area contributed by atoms with Gasteiger partial charge in [0.1, 0.15) is 5.75 Å². The molecule has 3 aliphatic heterocycles. The van der Waals surface area contributed by atoms with E-state index < -0.39 is 0 Å². The van der Waals surface area contributed by atoms with Crippen LogP contribution in [0, 0.1) is 0 Å². The van der Waals surface area contributed by atoms with Crippen molar-refractivity contribution in [1.82, 2.24) is 14.7 Å². The van der Waals surface area contributed by atoms with E-state index in [1.165, 1.54) is 18.4 Å². The minimum Gasteiger partial charge on any atom is -0.508 e. The minimum absolute atomic E-state index is 0.333. The highest BCUT2D eigenvalue weighted by molar-refractivity contribution is 5.44. The third-order valence-corrected chi connectivity index (χ3v) is 6.63. The quantitative estimate of drug-likeness (QED) is 0.820. The monoisotopic (exact) mass is 409 g/mol. The lowest BCUT2D eigenvalue weighted by atomic mass is 10.0. The summed E-state index contributed by atoms with van der Waals surface area (Å²) >= 11 is 0.